The number of carbonyl (C=O) groups excluding carboxylic acids is 2. The van der Waals surface area contributed by atoms with Gasteiger partial charge in [-0.3, -0.25) is 9.59 Å². The Morgan fingerprint density at radius 2 is 1.65 bits per heavy atom. The van der Waals surface area contributed by atoms with Crippen molar-refractivity contribution in [1.82, 2.24) is 15.1 Å². The molecule has 2 saturated heterocycles. The fraction of sp³-hybridized carbons (Fsp3) is 0.529. The molecule has 1 N–H and O–H groups in total. The van der Waals surface area contributed by atoms with Crippen LogP contribution in [0, 0.1) is 17.7 Å². The Balaban J connectivity index is 1.54. The number of rotatable bonds is 3. The molecule has 6 heteroatoms. The van der Waals surface area contributed by atoms with E-state index >= 15 is 0 Å². The molecule has 2 amide bonds. The average molecular weight is 319 g/mol. The highest BCUT2D eigenvalue weighted by molar-refractivity contribution is 5.94. The van der Waals surface area contributed by atoms with Crippen molar-refractivity contribution in [2.75, 3.05) is 39.3 Å². The fourth-order valence-electron chi connectivity index (χ4n) is 3.06. The predicted molar refractivity (Wildman–Crippen MR) is 84.4 cm³/mol. The highest BCUT2D eigenvalue weighted by atomic mass is 19.1. The van der Waals surface area contributed by atoms with Crippen LogP contribution in [-0.2, 0) is 4.79 Å². The molecular formula is C17H22FN3O2. The minimum Gasteiger partial charge on any atom is -0.339 e. The summed E-state index contributed by atoms with van der Waals surface area (Å²) in [5.74, 6) is 0.201. The Morgan fingerprint density at radius 3 is 2.17 bits per heavy atom. The molecule has 23 heavy (non-hydrogen) atoms. The van der Waals surface area contributed by atoms with E-state index in [1.165, 1.54) is 24.3 Å². The van der Waals surface area contributed by atoms with Gasteiger partial charge in [-0.05, 0) is 43.3 Å². The highest BCUT2D eigenvalue weighted by Crippen LogP contribution is 2.19. The van der Waals surface area contributed by atoms with E-state index in [1.807, 2.05) is 11.8 Å². The van der Waals surface area contributed by atoms with Crippen LogP contribution in [0.25, 0.3) is 0 Å². The second-order valence-electron chi connectivity index (χ2n) is 6.33. The number of amides is 2. The van der Waals surface area contributed by atoms with Crippen LogP contribution in [0.3, 0.4) is 0 Å². The average Bonchev–Trinajstić information content (AvgIpc) is 2.53. The van der Waals surface area contributed by atoms with Gasteiger partial charge in [-0.2, -0.15) is 0 Å². The Bertz CT molecular complexity index is 578. The lowest BCUT2D eigenvalue weighted by atomic mass is 9.88. The highest BCUT2D eigenvalue weighted by Gasteiger charge is 2.33. The Morgan fingerprint density at radius 1 is 1.09 bits per heavy atom. The molecule has 2 aliphatic heterocycles. The van der Waals surface area contributed by atoms with Crippen LogP contribution in [0.4, 0.5) is 4.39 Å². The molecule has 0 radical (unpaired) electrons. The SMILES string of the molecule is CC(C(=O)N1CCN(C(=O)c2ccc(F)cc2)CC1)C1CNC1. The summed E-state index contributed by atoms with van der Waals surface area (Å²) in [6, 6.07) is 5.59. The van der Waals surface area contributed by atoms with E-state index < -0.39 is 0 Å². The van der Waals surface area contributed by atoms with Crippen LogP contribution < -0.4 is 5.32 Å². The van der Waals surface area contributed by atoms with Crippen molar-refractivity contribution in [2.45, 2.75) is 6.92 Å². The lowest BCUT2D eigenvalue weighted by Crippen LogP contribution is -2.55. The van der Waals surface area contributed by atoms with Gasteiger partial charge in [-0.25, -0.2) is 4.39 Å². The summed E-state index contributed by atoms with van der Waals surface area (Å²) in [5, 5.41) is 3.19. The monoisotopic (exact) mass is 319 g/mol. The van der Waals surface area contributed by atoms with Crippen molar-refractivity contribution in [3.8, 4) is 0 Å². The lowest BCUT2D eigenvalue weighted by Gasteiger charge is -2.39. The van der Waals surface area contributed by atoms with Gasteiger partial charge in [0.1, 0.15) is 5.82 Å². The van der Waals surface area contributed by atoms with E-state index in [-0.39, 0.29) is 23.5 Å². The first-order valence-corrected chi connectivity index (χ1v) is 8.10. The van der Waals surface area contributed by atoms with Gasteiger partial charge in [-0.1, -0.05) is 6.92 Å². The van der Waals surface area contributed by atoms with E-state index in [0.717, 1.165) is 13.1 Å². The first kappa shape index (κ1) is 15.9. The van der Waals surface area contributed by atoms with Crippen LogP contribution in [0.2, 0.25) is 0 Å². The summed E-state index contributed by atoms with van der Waals surface area (Å²) < 4.78 is 12.9. The first-order valence-electron chi connectivity index (χ1n) is 8.10. The maximum atomic E-state index is 12.9. The molecule has 3 rings (SSSR count). The number of carbonyl (C=O) groups is 2. The van der Waals surface area contributed by atoms with Crippen LogP contribution in [-0.4, -0.2) is 60.9 Å². The molecule has 0 spiro atoms. The van der Waals surface area contributed by atoms with Crippen LogP contribution in [0.1, 0.15) is 17.3 Å². The molecule has 1 atom stereocenters. The summed E-state index contributed by atoms with van der Waals surface area (Å²) in [7, 11) is 0. The van der Waals surface area contributed by atoms with Gasteiger partial charge in [0.15, 0.2) is 0 Å². The molecule has 1 aromatic rings. The van der Waals surface area contributed by atoms with Crippen LogP contribution >= 0.6 is 0 Å². The number of piperazine rings is 1. The number of hydrogen-bond acceptors (Lipinski definition) is 3. The maximum absolute atomic E-state index is 12.9. The first-order chi connectivity index (χ1) is 11.1. The molecule has 124 valence electrons. The Labute approximate surface area is 135 Å². The number of nitrogens with one attached hydrogen (secondary N) is 1. The molecule has 2 heterocycles. The van der Waals surface area contributed by atoms with E-state index in [0.29, 0.717) is 37.7 Å². The third kappa shape index (κ3) is 3.37. The second kappa shape index (κ2) is 6.66. The largest absolute Gasteiger partial charge is 0.339 e. The Hall–Kier alpha value is -1.95. The van der Waals surface area contributed by atoms with E-state index in [4.69, 9.17) is 0 Å². The minimum absolute atomic E-state index is 0.0376. The number of benzene rings is 1. The number of hydrogen-bond donors (Lipinski definition) is 1. The van der Waals surface area contributed by atoms with E-state index in [9.17, 15) is 14.0 Å². The zero-order valence-electron chi connectivity index (χ0n) is 13.3. The predicted octanol–water partition coefficient (Wildman–Crippen LogP) is 0.966. The summed E-state index contributed by atoms with van der Waals surface area (Å²) in [6.07, 6.45) is 0. The summed E-state index contributed by atoms with van der Waals surface area (Å²) in [5.41, 5.74) is 0.486. The van der Waals surface area contributed by atoms with Gasteiger partial charge >= 0.3 is 0 Å². The topological polar surface area (TPSA) is 52.7 Å². The van der Waals surface area contributed by atoms with Crippen LogP contribution in [0.15, 0.2) is 24.3 Å². The molecule has 2 aliphatic rings. The summed E-state index contributed by atoms with van der Waals surface area (Å²) in [6.45, 7) is 6.00. The van der Waals surface area contributed by atoms with Gasteiger partial charge in [0.25, 0.3) is 5.91 Å². The normalized spacial score (nSPS) is 20.1. The quantitative estimate of drug-likeness (QED) is 0.903. The van der Waals surface area contributed by atoms with Crippen LogP contribution in [0.5, 0.6) is 0 Å². The molecule has 0 saturated carbocycles. The van der Waals surface area contributed by atoms with Gasteiger partial charge in [0.05, 0.1) is 0 Å². The Kier molecular flexibility index (Phi) is 4.61. The van der Waals surface area contributed by atoms with E-state index in [2.05, 4.69) is 5.32 Å². The van der Waals surface area contributed by atoms with Crippen molar-refractivity contribution >= 4 is 11.8 Å². The van der Waals surface area contributed by atoms with Crippen molar-refractivity contribution in [3.05, 3.63) is 35.6 Å². The maximum Gasteiger partial charge on any atom is 0.253 e. The molecule has 0 bridgehead atoms. The lowest BCUT2D eigenvalue weighted by molar-refractivity contribution is -0.138. The molecule has 2 fully saturated rings. The summed E-state index contributed by atoms with van der Waals surface area (Å²) >= 11 is 0. The van der Waals surface area contributed by atoms with Gasteiger partial charge in [0.2, 0.25) is 5.91 Å². The molecular weight excluding hydrogens is 297 g/mol. The van der Waals surface area contributed by atoms with Crippen molar-refractivity contribution in [3.63, 3.8) is 0 Å². The zero-order valence-corrected chi connectivity index (χ0v) is 13.3. The third-order valence-electron chi connectivity index (χ3n) is 4.88. The fourth-order valence-corrected chi connectivity index (χ4v) is 3.06. The molecule has 1 unspecified atom stereocenters. The van der Waals surface area contributed by atoms with Gasteiger partial charge < -0.3 is 15.1 Å². The standard InChI is InChI=1S/C17H22FN3O2/c1-12(14-10-19-11-14)16(22)20-6-8-21(9-7-20)17(23)13-2-4-15(18)5-3-13/h2-5,12,14,19H,6-11H2,1H3. The molecule has 0 aliphatic carbocycles. The van der Waals surface area contributed by atoms with Crippen molar-refractivity contribution in [2.24, 2.45) is 11.8 Å². The smallest absolute Gasteiger partial charge is 0.253 e. The van der Waals surface area contributed by atoms with E-state index in [1.54, 1.807) is 4.90 Å². The van der Waals surface area contributed by atoms with Crippen molar-refractivity contribution in [1.29, 1.82) is 0 Å². The van der Waals surface area contributed by atoms with Gasteiger partial charge in [-0.15, -0.1) is 0 Å². The number of nitrogens with zero attached hydrogens (tertiary/aromatic N) is 2. The van der Waals surface area contributed by atoms with Gasteiger partial charge in [0, 0.05) is 37.7 Å². The van der Waals surface area contributed by atoms with Crippen molar-refractivity contribution < 1.29 is 14.0 Å². The molecule has 1 aromatic carbocycles. The minimum atomic E-state index is -0.351. The number of halogens is 1. The molecule has 5 nitrogen and oxygen atoms in total. The molecule has 0 aromatic heterocycles. The summed E-state index contributed by atoms with van der Waals surface area (Å²) in [4.78, 5) is 28.4. The second-order valence-corrected chi connectivity index (χ2v) is 6.33. The third-order valence-corrected chi connectivity index (χ3v) is 4.88. The zero-order chi connectivity index (χ0) is 16.4.